The minimum absolute atomic E-state index is 0.123. The minimum atomic E-state index is 0.123. The van der Waals surface area contributed by atoms with Gasteiger partial charge in [-0.15, -0.1) is 0 Å². The molecule has 0 bridgehead atoms. The zero-order valence-electron chi connectivity index (χ0n) is 12.6. The molecule has 0 aliphatic carbocycles. The van der Waals surface area contributed by atoms with Gasteiger partial charge in [0.25, 0.3) is 0 Å². The lowest BCUT2D eigenvalue weighted by Crippen LogP contribution is -2.23. The molecule has 0 saturated heterocycles. The standard InChI is InChI=1S/C18H18ClN3/c1-12(22-13(2)18-11-20-9-10-21-18)14-7-8-17(19)16-6-4-3-5-15(14)16/h3-13,22H,1-2H3/t12-,13+/m1/s1. The Balaban J connectivity index is 1.90. The highest BCUT2D eigenvalue weighted by Gasteiger charge is 2.15. The van der Waals surface area contributed by atoms with E-state index >= 15 is 0 Å². The van der Waals surface area contributed by atoms with E-state index in [1.165, 1.54) is 10.9 Å². The van der Waals surface area contributed by atoms with E-state index < -0.39 is 0 Å². The zero-order valence-corrected chi connectivity index (χ0v) is 13.4. The second kappa shape index (κ2) is 6.42. The molecular formula is C18H18ClN3. The molecule has 0 aliphatic heterocycles. The molecule has 0 fully saturated rings. The van der Waals surface area contributed by atoms with E-state index in [1.54, 1.807) is 18.6 Å². The van der Waals surface area contributed by atoms with Crippen molar-refractivity contribution in [3.63, 3.8) is 0 Å². The first-order chi connectivity index (χ1) is 10.7. The number of nitrogens with one attached hydrogen (secondary N) is 1. The first-order valence-corrected chi connectivity index (χ1v) is 7.73. The van der Waals surface area contributed by atoms with Crippen molar-refractivity contribution in [1.82, 2.24) is 15.3 Å². The number of hydrogen-bond donors (Lipinski definition) is 1. The average Bonchev–Trinajstić information content (AvgIpc) is 2.56. The zero-order chi connectivity index (χ0) is 15.5. The third-order valence-corrected chi connectivity index (χ3v) is 4.23. The van der Waals surface area contributed by atoms with Gasteiger partial charge in [-0.25, -0.2) is 0 Å². The van der Waals surface area contributed by atoms with Crippen molar-refractivity contribution in [2.45, 2.75) is 25.9 Å². The molecular weight excluding hydrogens is 294 g/mol. The Morgan fingerprint density at radius 3 is 2.45 bits per heavy atom. The van der Waals surface area contributed by atoms with Crippen LogP contribution in [0.15, 0.2) is 55.0 Å². The molecule has 112 valence electrons. The van der Waals surface area contributed by atoms with Crippen molar-refractivity contribution in [3.8, 4) is 0 Å². The maximum atomic E-state index is 6.30. The van der Waals surface area contributed by atoms with E-state index in [-0.39, 0.29) is 12.1 Å². The average molecular weight is 312 g/mol. The van der Waals surface area contributed by atoms with Crippen LogP contribution in [0.25, 0.3) is 10.8 Å². The first kappa shape index (κ1) is 14.9. The maximum Gasteiger partial charge on any atom is 0.0753 e. The SMILES string of the molecule is C[C@H](N[C@H](C)c1ccc(Cl)c2ccccc12)c1cnccn1. The molecule has 0 unspecified atom stereocenters. The highest BCUT2D eigenvalue weighted by molar-refractivity contribution is 6.35. The molecule has 2 aromatic carbocycles. The van der Waals surface area contributed by atoms with Crippen LogP contribution in [0.1, 0.15) is 37.2 Å². The van der Waals surface area contributed by atoms with Crippen molar-refractivity contribution in [3.05, 3.63) is 71.3 Å². The lowest BCUT2D eigenvalue weighted by atomic mass is 9.99. The lowest BCUT2D eigenvalue weighted by molar-refractivity contribution is 0.487. The minimum Gasteiger partial charge on any atom is -0.302 e. The van der Waals surface area contributed by atoms with Crippen LogP contribution in [0.5, 0.6) is 0 Å². The van der Waals surface area contributed by atoms with Crippen LogP contribution in [0.3, 0.4) is 0 Å². The van der Waals surface area contributed by atoms with E-state index in [0.29, 0.717) is 0 Å². The molecule has 22 heavy (non-hydrogen) atoms. The number of hydrogen-bond acceptors (Lipinski definition) is 3. The van der Waals surface area contributed by atoms with Gasteiger partial charge in [-0.1, -0.05) is 41.9 Å². The van der Waals surface area contributed by atoms with E-state index in [2.05, 4.69) is 47.3 Å². The lowest BCUT2D eigenvalue weighted by Gasteiger charge is -2.21. The molecule has 0 amide bonds. The Labute approximate surface area is 135 Å². The summed E-state index contributed by atoms with van der Waals surface area (Å²) in [5, 5.41) is 6.63. The first-order valence-electron chi connectivity index (χ1n) is 7.36. The number of benzene rings is 2. The Hall–Kier alpha value is -1.97. The Morgan fingerprint density at radius 2 is 1.73 bits per heavy atom. The molecule has 4 heteroatoms. The second-order valence-corrected chi connectivity index (χ2v) is 5.83. The van der Waals surface area contributed by atoms with E-state index in [9.17, 15) is 0 Å². The van der Waals surface area contributed by atoms with Crippen molar-refractivity contribution in [2.75, 3.05) is 0 Å². The van der Waals surface area contributed by atoms with Crippen LogP contribution in [-0.4, -0.2) is 9.97 Å². The highest BCUT2D eigenvalue weighted by Crippen LogP contribution is 2.30. The van der Waals surface area contributed by atoms with Crippen LogP contribution in [0.4, 0.5) is 0 Å². The summed E-state index contributed by atoms with van der Waals surface area (Å²) < 4.78 is 0. The van der Waals surface area contributed by atoms with Crippen LogP contribution in [0.2, 0.25) is 5.02 Å². The normalized spacial score (nSPS) is 14.0. The second-order valence-electron chi connectivity index (χ2n) is 5.42. The summed E-state index contributed by atoms with van der Waals surface area (Å²) in [5.74, 6) is 0. The number of halogens is 1. The maximum absolute atomic E-state index is 6.30. The fraction of sp³-hybridized carbons (Fsp3) is 0.222. The van der Waals surface area contributed by atoms with E-state index in [4.69, 9.17) is 11.6 Å². The highest BCUT2D eigenvalue weighted by atomic mass is 35.5. The molecule has 3 rings (SSSR count). The van der Waals surface area contributed by atoms with E-state index in [1.807, 2.05) is 18.2 Å². The third kappa shape index (κ3) is 2.96. The van der Waals surface area contributed by atoms with Gasteiger partial charge < -0.3 is 5.32 Å². The molecule has 1 N–H and O–H groups in total. The smallest absolute Gasteiger partial charge is 0.0753 e. The molecule has 2 atom stereocenters. The van der Waals surface area contributed by atoms with Gasteiger partial charge in [0.15, 0.2) is 0 Å². The van der Waals surface area contributed by atoms with Crippen molar-refractivity contribution >= 4 is 22.4 Å². The molecule has 0 spiro atoms. The van der Waals surface area contributed by atoms with E-state index in [0.717, 1.165) is 16.1 Å². The third-order valence-electron chi connectivity index (χ3n) is 3.90. The van der Waals surface area contributed by atoms with Crippen molar-refractivity contribution in [1.29, 1.82) is 0 Å². The van der Waals surface area contributed by atoms with Gasteiger partial charge in [-0.05, 0) is 30.9 Å². The predicted molar refractivity (Wildman–Crippen MR) is 91.0 cm³/mol. The van der Waals surface area contributed by atoms with Gasteiger partial charge in [0.05, 0.1) is 5.69 Å². The molecule has 1 heterocycles. The van der Waals surface area contributed by atoms with Crippen molar-refractivity contribution < 1.29 is 0 Å². The number of rotatable bonds is 4. The summed E-state index contributed by atoms with van der Waals surface area (Å²) >= 11 is 6.30. The largest absolute Gasteiger partial charge is 0.302 e. The van der Waals surface area contributed by atoms with Crippen LogP contribution in [-0.2, 0) is 0 Å². The molecule has 3 nitrogen and oxygen atoms in total. The van der Waals surface area contributed by atoms with Gasteiger partial charge in [-0.2, -0.15) is 0 Å². The Bertz CT molecular complexity index is 774. The van der Waals surface area contributed by atoms with Gasteiger partial charge in [0, 0.05) is 41.1 Å². The summed E-state index contributed by atoms with van der Waals surface area (Å²) in [6, 6.07) is 12.6. The summed E-state index contributed by atoms with van der Waals surface area (Å²) in [7, 11) is 0. The van der Waals surface area contributed by atoms with Gasteiger partial charge >= 0.3 is 0 Å². The topological polar surface area (TPSA) is 37.8 Å². The van der Waals surface area contributed by atoms with Crippen LogP contribution >= 0.6 is 11.6 Å². The summed E-state index contributed by atoms with van der Waals surface area (Å²) in [4.78, 5) is 8.48. The summed E-state index contributed by atoms with van der Waals surface area (Å²) in [5.41, 5.74) is 2.17. The summed E-state index contributed by atoms with van der Waals surface area (Å²) in [6.07, 6.45) is 5.20. The summed E-state index contributed by atoms with van der Waals surface area (Å²) in [6.45, 7) is 4.25. The van der Waals surface area contributed by atoms with Crippen LogP contribution < -0.4 is 5.32 Å². The van der Waals surface area contributed by atoms with Gasteiger partial charge in [0.1, 0.15) is 0 Å². The molecule has 0 saturated carbocycles. The Kier molecular flexibility index (Phi) is 4.36. The van der Waals surface area contributed by atoms with Gasteiger partial charge in [-0.3, -0.25) is 9.97 Å². The van der Waals surface area contributed by atoms with Crippen molar-refractivity contribution in [2.24, 2.45) is 0 Å². The number of nitrogens with zero attached hydrogens (tertiary/aromatic N) is 2. The molecule has 0 radical (unpaired) electrons. The molecule has 1 aromatic heterocycles. The molecule has 0 aliphatic rings. The van der Waals surface area contributed by atoms with Gasteiger partial charge in [0.2, 0.25) is 0 Å². The monoisotopic (exact) mass is 311 g/mol. The molecule has 3 aromatic rings. The fourth-order valence-corrected chi connectivity index (χ4v) is 2.98. The number of aromatic nitrogens is 2. The predicted octanol–water partition coefficient (Wildman–Crippen LogP) is 4.70. The fourth-order valence-electron chi connectivity index (χ4n) is 2.75. The van der Waals surface area contributed by atoms with Crippen LogP contribution in [0, 0.1) is 0 Å². The number of fused-ring (bicyclic) bond motifs is 1. The Morgan fingerprint density at radius 1 is 0.955 bits per heavy atom. The quantitative estimate of drug-likeness (QED) is 0.759.